The smallest absolute Gasteiger partial charge is 0.373 e. The highest BCUT2D eigenvalue weighted by Crippen LogP contribution is 1.77. The quantitative estimate of drug-likeness (QED) is 0.228. The van der Waals surface area contributed by atoms with Gasteiger partial charge in [0.2, 0.25) is 0 Å². The van der Waals surface area contributed by atoms with Crippen LogP contribution in [0.25, 0.3) is 0 Å². The van der Waals surface area contributed by atoms with E-state index in [1.807, 2.05) is 5.48 Å². The second-order valence-corrected chi connectivity index (χ2v) is 2.81. The van der Waals surface area contributed by atoms with E-state index >= 15 is 0 Å². The molecule has 0 atom stereocenters. The Hall–Kier alpha value is -0.860. The predicted molar refractivity (Wildman–Crippen MR) is 32.8 cm³/mol. The number of hydrogen-bond donors (Lipinski definition) is 3. The van der Waals surface area contributed by atoms with Crippen molar-refractivity contribution in [3.63, 3.8) is 0 Å². The fraction of sp³-hybridized carbons (Fsp3) is 0.667. The van der Waals surface area contributed by atoms with Crippen LogP contribution in [-0.4, -0.2) is 32.0 Å². The van der Waals surface area contributed by atoms with Crippen molar-refractivity contribution < 1.29 is 22.2 Å². The van der Waals surface area contributed by atoms with Crippen LogP contribution in [0.1, 0.15) is 0 Å². The summed E-state index contributed by atoms with van der Waals surface area (Å²) in [6, 6.07) is 0. The average molecular weight is 181 g/mol. The summed E-state index contributed by atoms with van der Waals surface area (Å²) in [5.41, 5.74) is 1.92. The fourth-order valence-electron chi connectivity index (χ4n) is 0.602. The standard InChI is InChI=1S/C3H7N3O4S/c7-11(8,9)10-6-3-4-1-2-5-3/h1-2H2,(H2,4,5,6)(H,7,8,9). The number of hydrogen-bond acceptors (Lipinski definition) is 6. The van der Waals surface area contributed by atoms with Gasteiger partial charge in [0.1, 0.15) is 0 Å². The number of rotatable bonds is 2. The first-order valence-electron chi connectivity index (χ1n) is 2.83. The van der Waals surface area contributed by atoms with Crippen LogP contribution in [-0.2, 0) is 14.7 Å². The van der Waals surface area contributed by atoms with Crippen molar-refractivity contribution in [3.05, 3.63) is 0 Å². The van der Waals surface area contributed by atoms with Gasteiger partial charge in [-0.25, -0.2) is 8.42 Å². The van der Waals surface area contributed by atoms with E-state index in [-0.39, 0.29) is 5.96 Å². The van der Waals surface area contributed by atoms with Crippen molar-refractivity contribution in [2.24, 2.45) is 0 Å². The second-order valence-electron chi connectivity index (χ2n) is 1.82. The van der Waals surface area contributed by atoms with Gasteiger partial charge in [-0.1, -0.05) is 0 Å². The predicted octanol–water partition coefficient (Wildman–Crippen LogP) is -3.99. The molecular formula is C3H7N3O4S. The summed E-state index contributed by atoms with van der Waals surface area (Å²) in [6.45, 7) is 1.31. The van der Waals surface area contributed by atoms with Crippen LogP contribution in [0.4, 0.5) is 0 Å². The van der Waals surface area contributed by atoms with Crippen molar-refractivity contribution in [1.29, 1.82) is 0 Å². The van der Waals surface area contributed by atoms with E-state index < -0.39 is 10.4 Å². The molecule has 0 aromatic carbocycles. The lowest BCUT2D eigenvalue weighted by Gasteiger charge is -2.02. The lowest BCUT2D eigenvalue weighted by molar-refractivity contribution is -0.448. The van der Waals surface area contributed by atoms with Crippen LogP contribution in [0.3, 0.4) is 0 Å². The van der Waals surface area contributed by atoms with E-state index in [0.29, 0.717) is 13.1 Å². The first kappa shape index (κ1) is 8.24. The molecule has 0 aromatic rings. The fourth-order valence-corrected chi connectivity index (χ4v) is 0.788. The second kappa shape index (κ2) is 3.03. The van der Waals surface area contributed by atoms with Crippen LogP contribution in [0.5, 0.6) is 0 Å². The lowest BCUT2D eigenvalue weighted by Crippen LogP contribution is -2.73. The van der Waals surface area contributed by atoms with Gasteiger partial charge in [-0.15, -0.1) is 9.76 Å². The molecule has 0 saturated heterocycles. The maximum atomic E-state index is 9.88. The monoisotopic (exact) mass is 181 g/mol. The topological polar surface area (TPSA) is 104 Å². The van der Waals surface area contributed by atoms with Crippen LogP contribution in [0.2, 0.25) is 0 Å². The van der Waals surface area contributed by atoms with Crippen molar-refractivity contribution in [1.82, 2.24) is 10.8 Å². The maximum Gasteiger partial charge on any atom is 0.373 e. The minimum absolute atomic E-state index is 0.282. The molecule has 0 spiro atoms. The van der Waals surface area contributed by atoms with Crippen molar-refractivity contribution in [2.45, 2.75) is 0 Å². The molecule has 64 valence electrons. The molecule has 1 aliphatic heterocycles. The molecule has 1 rings (SSSR count). The molecule has 11 heavy (non-hydrogen) atoms. The summed E-state index contributed by atoms with van der Waals surface area (Å²) in [4.78, 5) is 2.70. The van der Waals surface area contributed by atoms with Gasteiger partial charge in [0, 0.05) is 0 Å². The minimum atomic E-state index is -4.67. The van der Waals surface area contributed by atoms with E-state index in [2.05, 4.69) is 14.6 Å². The summed E-state index contributed by atoms with van der Waals surface area (Å²) in [5.74, 6) is 0.282. The molecule has 1 heterocycles. The normalized spacial score (nSPS) is 17.4. The zero-order valence-corrected chi connectivity index (χ0v) is 6.27. The SMILES string of the molecule is O=S(=O)([O-])ONC1=[NH+]CCN1. The molecule has 0 radical (unpaired) electrons. The third-order valence-electron chi connectivity index (χ3n) is 0.974. The molecular weight excluding hydrogens is 174 g/mol. The van der Waals surface area contributed by atoms with Gasteiger partial charge in [-0.2, -0.15) is 0 Å². The minimum Gasteiger partial charge on any atom is -0.723 e. The summed E-state index contributed by atoms with van der Waals surface area (Å²) in [7, 11) is -4.67. The highest BCUT2D eigenvalue weighted by molar-refractivity contribution is 7.80. The summed E-state index contributed by atoms with van der Waals surface area (Å²) in [6.07, 6.45) is 0. The van der Waals surface area contributed by atoms with Crippen LogP contribution in [0.15, 0.2) is 0 Å². The number of guanidine groups is 1. The molecule has 0 aliphatic carbocycles. The Balaban J connectivity index is 2.33. The molecule has 0 saturated carbocycles. The Morgan fingerprint density at radius 2 is 2.45 bits per heavy atom. The molecule has 7 nitrogen and oxygen atoms in total. The molecule has 0 bridgehead atoms. The Bertz CT molecular complexity index is 258. The largest absolute Gasteiger partial charge is 0.723 e. The van der Waals surface area contributed by atoms with Crippen molar-refractivity contribution in [3.8, 4) is 0 Å². The molecule has 0 aromatic heterocycles. The Morgan fingerprint density at radius 3 is 2.91 bits per heavy atom. The van der Waals surface area contributed by atoms with E-state index in [0.717, 1.165) is 0 Å². The van der Waals surface area contributed by atoms with E-state index in [4.69, 9.17) is 0 Å². The van der Waals surface area contributed by atoms with E-state index in [1.54, 1.807) is 0 Å². The number of nitrogens with one attached hydrogen (secondary N) is 3. The molecule has 1 aliphatic rings. The highest BCUT2D eigenvalue weighted by atomic mass is 32.3. The third kappa shape index (κ3) is 3.16. The van der Waals surface area contributed by atoms with Crippen molar-refractivity contribution >= 4 is 16.4 Å². The van der Waals surface area contributed by atoms with Gasteiger partial charge in [0.25, 0.3) is 10.4 Å². The summed E-state index contributed by atoms with van der Waals surface area (Å²) < 4.78 is 33.4. The maximum absolute atomic E-state index is 9.88. The first-order valence-corrected chi connectivity index (χ1v) is 4.16. The Morgan fingerprint density at radius 1 is 1.73 bits per heavy atom. The van der Waals surface area contributed by atoms with Gasteiger partial charge in [0.15, 0.2) is 0 Å². The average Bonchev–Trinajstić information content (AvgIpc) is 2.32. The third-order valence-corrected chi connectivity index (χ3v) is 1.26. The van der Waals surface area contributed by atoms with E-state index in [1.165, 1.54) is 0 Å². The Kier molecular flexibility index (Phi) is 2.27. The van der Waals surface area contributed by atoms with Gasteiger partial charge < -0.3 is 4.55 Å². The van der Waals surface area contributed by atoms with Crippen LogP contribution >= 0.6 is 0 Å². The molecule has 3 N–H and O–H groups in total. The van der Waals surface area contributed by atoms with Gasteiger partial charge in [-0.3, -0.25) is 10.3 Å². The van der Waals surface area contributed by atoms with Crippen molar-refractivity contribution in [2.75, 3.05) is 13.1 Å². The van der Waals surface area contributed by atoms with Gasteiger partial charge in [-0.05, 0) is 0 Å². The molecule has 0 fully saturated rings. The van der Waals surface area contributed by atoms with E-state index in [9.17, 15) is 13.0 Å². The summed E-state index contributed by atoms with van der Waals surface area (Å²) in [5, 5.41) is 2.70. The zero-order valence-electron chi connectivity index (χ0n) is 5.46. The summed E-state index contributed by atoms with van der Waals surface area (Å²) >= 11 is 0. The lowest BCUT2D eigenvalue weighted by atomic mass is 10.7. The molecule has 8 heteroatoms. The molecule has 0 amide bonds. The van der Waals surface area contributed by atoms with Crippen LogP contribution in [0, 0.1) is 0 Å². The Labute approximate surface area is 63.4 Å². The van der Waals surface area contributed by atoms with Gasteiger partial charge in [0.05, 0.1) is 13.1 Å². The zero-order chi connectivity index (χ0) is 8.32. The van der Waals surface area contributed by atoms with Gasteiger partial charge >= 0.3 is 5.96 Å². The molecule has 0 unspecified atom stereocenters. The first-order chi connectivity index (χ1) is 5.08. The highest BCUT2D eigenvalue weighted by Gasteiger charge is 2.12. The number of hydroxylamine groups is 1. The van der Waals surface area contributed by atoms with Crippen LogP contribution < -0.4 is 15.8 Å².